The first-order valence-corrected chi connectivity index (χ1v) is 8.57. The van der Waals surface area contributed by atoms with Crippen LogP contribution in [0, 0.1) is 0 Å². The summed E-state index contributed by atoms with van der Waals surface area (Å²) in [6, 6.07) is 11.6. The van der Waals surface area contributed by atoms with Gasteiger partial charge in [-0.2, -0.15) is 0 Å². The highest BCUT2D eigenvalue weighted by Crippen LogP contribution is 2.33. The standard InChI is InChI=1S/C18H19N3S/c1-14-17-7-11-22-18(17)6-9-20(14)12-15-2-4-16(5-3-15)21-10-8-19-13-21/h2-5,7-8,10-11,13-14H,6,9,12H2,1H3. The molecule has 0 bridgehead atoms. The zero-order valence-corrected chi connectivity index (χ0v) is 13.5. The van der Waals surface area contributed by atoms with E-state index in [2.05, 4.69) is 52.5 Å². The second-order valence-electron chi connectivity index (χ2n) is 5.83. The Morgan fingerprint density at radius 2 is 2.09 bits per heavy atom. The molecule has 4 rings (SSSR count). The molecule has 0 aliphatic carbocycles. The van der Waals surface area contributed by atoms with Gasteiger partial charge in [-0.05, 0) is 48.1 Å². The molecule has 1 unspecified atom stereocenters. The van der Waals surface area contributed by atoms with Gasteiger partial charge >= 0.3 is 0 Å². The van der Waals surface area contributed by atoms with E-state index in [-0.39, 0.29) is 0 Å². The minimum absolute atomic E-state index is 0.517. The first-order chi connectivity index (χ1) is 10.8. The van der Waals surface area contributed by atoms with Crippen LogP contribution in [0.4, 0.5) is 0 Å². The minimum atomic E-state index is 0.517. The molecular weight excluding hydrogens is 290 g/mol. The molecule has 0 radical (unpaired) electrons. The second-order valence-corrected chi connectivity index (χ2v) is 6.83. The SMILES string of the molecule is CC1c2ccsc2CCN1Cc1ccc(-n2ccnc2)cc1. The molecule has 1 aromatic carbocycles. The number of hydrogen-bond acceptors (Lipinski definition) is 3. The van der Waals surface area contributed by atoms with E-state index >= 15 is 0 Å². The van der Waals surface area contributed by atoms with E-state index in [0.717, 1.165) is 18.8 Å². The number of thiophene rings is 1. The van der Waals surface area contributed by atoms with Gasteiger partial charge in [0.15, 0.2) is 0 Å². The van der Waals surface area contributed by atoms with E-state index < -0.39 is 0 Å². The van der Waals surface area contributed by atoms with Gasteiger partial charge in [0.1, 0.15) is 0 Å². The predicted molar refractivity (Wildman–Crippen MR) is 90.4 cm³/mol. The molecule has 3 heterocycles. The van der Waals surface area contributed by atoms with Crippen LogP contribution in [0.2, 0.25) is 0 Å². The summed E-state index contributed by atoms with van der Waals surface area (Å²) in [7, 11) is 0. The number of imidazole rings is 1. The van der Waals surface area contributed by atoms with Gasteiger partial charge in [0.2, 0.25) is 0 Å². The summed E-state index contributed by atoms with van der Waals surface area (Å²) >= 11 is 1.90. The van der Waals surface area contributed by atoms with Crippen molar-refractivity contribution in [2.75, 3.05) is 6.54 Å². The summed E-state index contributed by atoms with van der Waals surface area (Å²) < 4.78 is 2.03. The van der Waals surface area contributed by atoms with E-state index in [1.165, 1.54) is 17.5 Å². The average molecular weight is 309 g/mol. The quantitative estimate of drug-likeness (QED) is 0.727. The number of hydrogen-bond donors (Lipinski definition) is 0. The summed E-state index contributed by atoms with van der Waals surface area (Å²) in [5.41, 5.74) is 4.05. The molecule has 2 aromatic heterocycles. The van der Waals surface area contributed by atoms with Crippen molar-refractivity contribution in [3.63, 3.8) is 0 Å². The van der Waals surface area contributed by atoms with Crippen molar-refractivity contribution in [1.82, 2.24) is 14.5 Å². The van der Waals surface area contributed by atoms with Crippen molar-refractivity contribution in [1.29, 1.82) is 0 Å². The van der Waals surface area contributed by atoms with Crippen molar-refractivity contribution in [3.05, 3.63) is 70.4 Å². The molecule has 112 valence electrons. The van der Waals surface area contributed by atoms with Crippen LogP contribution in [-0.2, 0) is 13.0 Å². The molecule has 0 saturated heterocycles. The van der Waals surface area contributed by atoms with Crippen molar-refractivity contribution in [2.24, 2.45) is 0 Å². The highest BCUT2D eigenvalue weighted by molar-refractivity contribution is 7.10. The Morgan fingerprint density at radius 3 is 2.86 bits per heavy atom. The number of aromatic nitrogens is 2. The first kappa shape index (κ1) is 13.7. The Bertz CT molecular complexity index is 743. The maximum atomic E-state index is 4.10. The molecule has 0 N–H and O–H groups in total. The lowest BCUT2D eigenvalue weighted by molar-refractivity contribution is 0.191. The Hall–Kier alpha value is -1.91. The van der Waals surface area contributed by atoms with Crippen molar-refractivity contribution in [2.45, 2.75) is 25.9 Å². The summed E-state index contributed by atoms with van der Waals surface area (Å²) in [6.07, 6.45) is 6.80. The van der Waals surface area contributed by atoms with Gasteiger partial charge in [0.25, 0.3) is 0 Å². The molecular formula is C18H19N3S. The van der Waals surface area contributed by atoms with Crippen LogP contribution in [-0.4, -0.2) is 21.0 Å². The lowest BCUT2D eigenvalue weighted by Crippen LogP contribution is -2.32. The maximum absolute atomic E-state index is 4.10. The zero-order valence-electron chi connectivity index (χ0n) is 12.6. The minimum Gasteiger partial charge on any atom is -0.306 e. The Balaban J connectivity index is 1.50. The Kier molecular flexibility index (Phi) is 3.56. The molecule has 22 heavy (non-hydrogen) atoms. The Labute approximate surface area is 134 Å². The third-order valence-corrected chi connectivity index (χ3v) is 5.52. The average Bonchev–Trinajstić information content (AvgIpc) is 3.22. The second kappa shape index (κ2) is 5.71. The van der Waals surface area contributed by atoms with Crippen LogP contribution in [0.3, 0.4) is 0 Å². The van der Waals surface area contributed by atoms with E-state index in [1.54, 1.807) is 4.88 Å². The summed E-state index contributed by atoms with van der Waals surface area (Å²) in [6.45, 7) is 4.49. The van der Waals surface area contributed by atoms with Crippen LogP contribution in [0.5, 0.6) is 0 Å². The predicted octanol–water partition coefficient (Wildman–Crippen LogP) is 4.05. The Morgan fingerprint density at radius 1 is 1.23 bits per heavy atom. The highest BCUT2D eigenvalue weighted by atomic mass is 32.1. The fourth-order valence-corrected chi connectivity index (χ4v) is 4.16. The molecule has 1 aliphatic heterocycles. The van der Waals surface area contributed by atoms with Crippen LogP contribution >= 0.6 is 11.3 Å². The summed E-state index contributed by atoms with van der Waals surface area (Å²) in [4.78, 5) is 8.24. The van der Waals surface area contributed by atoms with Gasteiger partial charge in [0, 0.05) is 42.1 Å². The third kappa shape index (κ3) is 2.49. The molecule has 4 heteroatoms. The number of nitrogens with zero attached hydrogens (tertiary/aromatic N) is 3. The lowest BCUT2D eigenvalue weighted by atomic mass is 10.0. The highest BCUT2D eigenvalue weighted by Gasteiger charge is 2.24. The monoisotopic (exact) mass is 309 g/mol. The van der Waals surface area contributed by atoms with Crippen molar-refractivity contribution in [3.8, 4) is 5.69 Å². The fourth-order valence-electron chi connectivity index (χ4n) is 3.20. The van der Waals surface area contributed by atoms with Gasteiger partial charge in [-0.25, -0.2) is 4.98 Å². The number of rotatable bonds is 3. The van der Waals surface area contributed by atoms with Crippen LogP contribution in [0.1, 0.15) is 29.0 Å². The van der Waals surface area contributed by atoms with Crippen molar-refractivity contribution >= 4 is 11.3 Å². The largest absolute Gasteiger partial charge is 0.306 e. The van der Waals surface area contributed by atoms with E-state index in [4.69, 9.17) is 0 Å². The topological polar surface area (TPSA) is 21.1 Å². The smallest absolute Gasteiger partial charge is 0.0991 e. The molecule has 0 fully saturated rings. The lowest BCUT2D eigenvalue weighted by Gasteiger charge is -2.33. The molecule has 0 saturated carbocycles. The van der Waals surface area contributed by atoms with Crippen molar-refractivity contribution < 1.29 is 0 Å². The molecule has 1 aliphatic rings. The number of benzene rings is 1. The third-order valence-electron chi connectivity index (χ3n) is 4.53. The van der Waals surface area contributed by atoms with E-state index in [0.29, 0.717) is 6.04 Å². The van der Waals surface area contributed by atoms with Crippen LogP contribution < -0.4 is 0 Å². The molecule has 0 spiro atoms. The fraction of sp³-hybridized carbons (Fsp3) is 0.278. The molecule has 3 nitrogen and oxygen atoms in total. The maximum Gasteiger partial charge on any atom is 0.0991 e. The molecule has 1 atom stereocenters. The van der Waals surface area contributed by atoms with E-state index in [1.807, 2.05) is 34.6 Å². The summed E-state index contributed by atoms with van der Waals surface area (Å²) in [5.74, 6) is 0. The first-order valence-electron chi connectivity index (χ1n) is 7.69. The normalized spacial score (nSPS) is 18.3. The number of fused-ring (bicyclic) bond motifs is 1. The van der Waals surface area contributed by atoms with Gasteiger partial charge in [-0.15, -0.1) is 11.3 Å². The summed E-state index contributed by atoms with van der Waals surface area (Å²) in [5, 5.41) is 2.23. The molecule has 3 aromatic rings. The van der Waals surface area contributed by atoms with Crippen LogP contribution in [0.25, 0.3) is 5.69 Å². The van der Waals surface area contributed by atoms with Gasteiger partial charge < -0.3 is 4.57 Å². The van der Waals surface area contributed by atoms with Gasteiger partial charge in [-0.1, -0.05) is 12.1 Å². The van der Waals surface area contributed by atoms with E-state index in [9.17, 15) is 0 Å². The van der Waals surface area contributed by atoms with Gasteiger partial charge in [-0.3, -0.25) is 4.90 Å². The zero-order chi connectivity index (χ0) is 14.9. The van der Waals surface area contributed by atoms with Crippen LogP contribution in [0.15, 0.2) is 54.4 Å². The molecule has 0 amide bonds. The van der Waals surface area contributed by atoms with Gasteiger partial charge in [0.05, 0.1) is 6.33 Å².